The second-order valence-corrected chi connectivity index (χ2v) is 7.96. The van der Waals surface area contributed by atoms with Crippen LogP contribution in [0.1, 0.15) is 31.9 Å². The number of nitriles is 1. The molecule has 1 aliphatic carbocycles. The molecule has 0 aromatic heterocycles. The molecule has 1 saturated carbocycles. The fourth-order valence-corrected chi connectivity index (χ4v) is 3.69. The summed E-state index contributed by atoms with van der Waals surface area (Å²) in [5.74, 6) is -8.41. The summed E-state index contributed by atoms with van der Waals surface area (Å²) in [7, 11) is 1.12. The number of halogens is 4. The van der Waals surface area contributed by atoms with E-state index >= 15 is 0 Å². The largest absolute Gasteiger partial charge is 0.490 e. The summed E-state index contributed by atoms with van der Waals surface area (Å²) in [6.45, 7) is 10.6. The van der Waals surface area contributed by atoms with Gasteiger partial charge >= 0.3 is 5.97 Å². The van der Waals surface area contributed by atoms with Gasteiger partial charge in [-0.05, 0) is 12.3 Å². The average molecular weight is 441 g/mol. The lowest BCUT2D eigenvalue weighted by Crippen LogP contribution is -2.21. The van der Waals surface area contributed by atoms with Crippen LogP contribution in [-0.2, 0) is 32.2 Å². The summed E-state index contributed by atoms with van der Waals surface area (Å²) in [4.78, 5) is 12.6. The van der Waals surface area contributed by atoms with Crippen LogP contribution in [0.5, 0.6) is 0 Å². The maximum Gasteiger partial charge on any atom is 0.310 e. The Kier molecular flexibility index (Phi) is 7.17. The minimum Gasteiger partial charge on any atom is -0.490 e. The normalized spacial score (nSPS) is 19.8. The number of allylic oxidation sites excluding steroid dienone is 1. The standard InChI is InChI=1S/C22H23F4NO4/c1-10(2)31-20(11(3)7-27)14-15(22(14,4)5)21(28)30-9-13-18(25)16(23)12(8-29-6)17(24)19(13)26/h14-15,20H,1,3,8-9H2,2,4-6H3/t14-,15-,20?/m0/s1. The van der Waals surface area contributed by atoms with Gasteiger partial charge in [0.25, 0.3) is 0 Å². The van der Waals surface area contributed by atoms with E-state index in [9.17, 15) is 27.6 Å². The minimum absolute atomic E-state index is 0.0753. The lowest BCUT2D eigenvalue weighted by atomic mass is 10.0. The molecule has 0 spiro atoms. The third-order valence-electron chi connectivity index (χ3n) is 5.40. The minimum atomic E-state index is -1.66. The highest BCUT2D eigenvalue weighted by atomic mass is 19.2. The second kappa shape index (κ2) is 9.10. The fraction of sp³-hybridized carbons (Fsp3) is 0.455. The first-order valence-corrected chi connectivity index (χ1v) is 9.30. The molecule has 31 heavy (non-hydrogen) atoms. The van der Waals surface area contributed by atoms with E-state index in [2.05, 4.69) is 17.9 Å². The molecule has 1 aliphatic rings. The highest BCUT2D eigenvalue weighted by molar-refractivity contribution is 5.78. The van der Waals surface area contributed by atoms with Crippen LogP contribution >= 0.6 is 0 Å². The predicted molar refractivity (Wildman–Crippen MR) is 102 cm³/mol. The molecule has 1 fully saturated rings. The Hall–Kier alpha value is -2.86. The molecule has 9 heteroatoms. The molecular formula is C22H23F4NO4. The molecule has 2 rings (SSSR count). The molecule has 3 atom stereocenters. The van der Waals surface area contributed by atoms with Gasteiger partial charge in [0.1, 0.15) is 12.7 Å². The van der Waals surface area contributed by atoms with E-state index in [1.165, 1.54) is 0 Å². The second-order valence-electron chi connectivity index (χ2n) is 7.96. The first-order valence-electron chi connectivity index (χ1n) is 9.30. The van der Waals surface area contributed by atoms with Gasteiger partial charge in [-0.2, -0.15) is 5.26 Å². The van der Waals surface area contributed by atoms with Crippen LogP contribution in [0.2, 0.25) is 0 Å². The molecule has 0 saturated heterocycles. The lowest BCUT2D eigenvalue weighted by molar-refractivity contribution is -0.148. The SMILES string of the molecule is C=C(C)OC(C(=C)C#N)[C@@H]1[C@@H](C(=O)OCc2c(F)c(F)c(COC)c(F)c2F)C1(C)C. The van der Waals surface area contributed by atoms with Crippen molar-refractivity contribution in [2.24, 2.45) is 17.3 Å². The van der Waals surface area contributed by atoms with Gasteiger partial charge in [0.15, 0.2) is 23.3 Å². The van der Waals surface area contributed by atoms with E-state index in [4.69, 9.17) is 9.47 Å². The third-order valence-corrected chi connectivity index (χ3v) is 5.40. The average Bonchev–Trinajstić information content (AvgIpc) is 3.28. The summed E-state index contributed by atoms with van der Waals surface area (Å²) < 4.78 is 71.7. The quantitative estimate of drug-likeness (QED) is 0.183. The molecule has 0 radical (unpaired) electrons. The number of esters is 1. The number of rotatable bonds is 9. The molecule has 168 valence electrons. The van der Waals surface area contributed by atoms with E-state index < -0.39 is 76.9 Å². The monoisotopic (exact) mass is 441 g/mol. The van der Waals surface area contributed by atoms with Crippen molar-refractivity contribution >= 4 is 5.97 Å². The molecule has 0 heterocycles. The Morgan fingerprint density at radius 1 is 1.10 bits per heavy atom. The van der Waals surface area contributed by atoms with Gasteiger partial charge in [0.05, 0.1) is 41.1 Å². The van der Waals surface area contributed by atoms with Crippen LogP contribution in [0.3, 0.4) is 0 Å². The van der Waals surface area contributed by atoms with Crippen molar-refractivity contribution in [3.05, 3.63) is 58.9 Å². The van der Waals surface area contributed by atoms with Crippen molar-refractivity contribution in [2.75, 3.05) is 7.11 Å². The van der Waals surface area contributed by atoms with Crippen LogP contribution in [0.15, 0.2) is 24.5 Å². The molecular weight excluding hydrogens is 418 g/mol. The maximum absolute atomic E-state index is 14.2. The topological polar surface area (TPSA) is 68.5 Å². The molecule has 1 unspecified atom stereocenters. The van der Waals surface area contributed by atoms with Crippen LogP contribution in [-0.4, -0.2) is 19.2 Å². The summed E-state index contributed by atoms with van der Waals surface area (Å²) in [5.41, 5.74) is -2.56. The number of nitrogens with zero attached hydrogens (tertiary/aromatic N) is 1. The van der Waals surface area contributed by atoms with Crippen molar-refractivity contribution in [3.63, 3.8) is 0 Å². The van der Waals surface area contributed by atoms with E-state index in [0.29, 0.717) is 5.76 Å². The number of ether oxygens (including phenoxy) is 3. The summed E-state index contributed by atoms with van der Waals surface area (Å²) >= 11 is 0. The fourth-order valence-electron chi connectivity index (χ4n) is 3.69. The van der Waals surface area contributed by atoms with Gasteiger partial charge in [-0.15, -0.1) is 0 Å². The van der Waals surface area contributed by atoms with Gasteiger partial charge in [-0.1, -0.05) is 27.0 Å². The zero-order chi connectivity index (χ0) is 23.7. The summed E-state index contributed by atoms with van der Waals surface area (Å²) in [6, 6.07) is 1.88. The van der Waals surface area contributed by atoms with Gasteiger partial charge in [0.2, 0.25) is 0 Å². The van der Waals surface area contributed by atoms with Gasteiger partial charge in [-0.25, -0.2) is 17.6 Å². The van der Waals surface area contributed by atoms with E-state index in [0.717, 1.165) is 7.11 Å². The van der Waals surface area contributed by atoms with Crippen LogP contribution in [0.4, 0.5) is 17.6 Å². The van der Waals surface area contributed by atoms with Gasteiger partial charge in [0, 0.05) is 13.0 Å². The van der Waals surface area contributed by atoms with Crippen molar-refractivity contribution in [1.29, 1.82) is 5.26 Å². The smallest absolute Gasteiger partial charge is 0.310 e. The third kappa shape index (κ3) is 4.59. The Balaban J connectivity index is 2.22. The van der Waals surface area contributed by atoms with Crippen molar-refractivity contribution < 1.29 is 36.6 Å². The van der Waals surface area contributed by atoms with Gasteiger partial charge < -0.3 is 14.2 Å². The highest BCUT2D eigenvalue weighted by Gasteiger charge is 2.67. The van der Waals surface area contributed by atoms with E-state index in [-0.39, 0.29) is 5.57 Å². The molecule has 0 amide bonds. The summed E-state index contributed by atoms with van der Waals surface area (Å²) in [5, 5.41) is 9.18. The number of benzene rings is 1. The lowest BCUT2D eigenvalue weighted by Gasteiger charge is -2.19. The van der Waals surface area contributed by atoms with Gasteiger partial charge in [-0.3, -0.25) is 4.79 Å². The maximum atomic E-state index is 14.2. The number of hydrogen-bond acceptors (Lipinski definition) is 5. The van der Waals surface area contributed by atoms with E-state index in [1.54, 1.807) is 20.8 Å². The van der Waals surface area contributed by atoms with E-state index in [1.807, 2.05) is 6.07 Å². The molecule has 5 nitrogen and oxygen atoms in total. The molecule has 0 N–H and O–H groups in total. The highest BCUT2D eigenvalue weighted by Crippen LogP contribution is 2.62. The molecule has 1 aromatic carbocycles. The first kappa shape index (κ1) is 24.4. The zero-order valence-corrected chi connectivity index (χ0v) is 17.7. The van der Waals surface area contributed by atoms with Crippen molar-refractivity contribution in [2.45, 2.75) is 40.1 Å². The molecule has 0 aliphatic heterocycles. The Bertz CT molecular complexity index is 938. The Labute approximate surface area is 177 Å². The zero-order valence-electron chi connectivity index (χ0n) is 17.7. The number of carbonyl (C=O) groups is 1. The number of hydrogen-bond donors (Lipinski definition) is 0. The predicted octanol–water partition coefficient (Wildman–Crippen LogP) is 4.70. The molecule has 1 aromatic rings. The summed E-state index contributed by atoms with van der Waals surface area (Å²) in [6.07, 6.45) is -0.841. The van der Waals surface area contributed by atoms with Crippen molar-refractivity contribution in [3.8, 4) is 6.07 Å². The number of methoxy groups -OCH3 is 1. The Morgan fingerprint density at radius 3 is 2.00 bits per heavy atom. The molecule has 0 bridgehead atoms. The Morgan fingerprint density at radius 2 is 1.58 bits per heavy atom. The van der Waals surface area contributed by atoms with Crippen LogP contribution in [0, 0.1) is 51.9 Å². The number of carbonyl (C=O) groups excluding carboxylic acids is 1. The first-order chi connectivity index (χ1) is 14.4. The van der Waals surface area contributed by atoms with Crippen LogP contribution in [0.25, 0.3) is 0 Å². The van der Waals surface area contributed by atoms with Crippen LogP contribution < -0.4 is 0 Å². The van der Waals surface area contributed by atoms with Crippen molar-refractivity contribution in [1.82, 2.24) is 0 Å².